The first kappa shape index (κ1) is 12.5. The normalized spacial score (nSPS) is 10.4. The number of hydrogen-bond acceptors (Lipinski definition) is 6. The third-order valence-corrected chi connectivity index (χ3v) is 3.18. The van der Waals surface area contributed by atoms with E-state index in [1.54, 1.807) is 25.1 Å². The zero-order valence-electron chi connectivity index (χ0n) is 10.5. The molecule has 0 saturated heterocycles. The molecule has 0 bridgehead atoms. The lowest BCUT2D eigenvalue weighted by atomic mass is 10.1. The molecule has 0 aliphatic heterocycles. The predicted octanol–water partition coefficient (Wildman–Crippen LogP) is 2.75. The van der Waals surface area contributed by atoms with Crippen molar-refractivity contribution in [2.45, 2.75) is 6.92 Å². The van der Waals surface area contributed by atoms with Crippen molar-refractivity contribution in [3.63, 3.8) is 0 Å². The van der Waals surface area contributed by atoms with Gasteiger partial charge in [0.25, 0.3) is 5.91 Å². The summed E-state index contributed by atoms with van der Waals surface area (Å²) >= 11 is 1.29. The molecular weight excluding hydrogens is 276 g/mol. The van der Waals surface area contributed by atoms with Gasteiger partial charge in [0.05, 0.1) is 0 Å². The Balaban J connectivity index is 1.75. The fraction of sp³-hybridized carbons (Fsp3) is 0.0769. The van der Waals surface area contributed by atoms with Gasteiger partial charge in [0.2, 0.25) is 0 Å². The molecule has 0 aliphatic carbocycles. The van der Waals surface area contributed by atoms with E-state index in [-0.39, 0.29) is 5.91 Å². The highest BCUT2D eigenvalue weighted by molar-refractivity contribution is 7.03. The molecule has 3 rings (SSSR count). The van der Waals surface area contributed by atoms with Crippen LogP contribution in [-0.2, 0) is 0 Å². The van der Waals surface area contributed by atoms with E-state index in [4.69, 9.17) is 4.52 Å². The minimum absolute atomic E-state index is 0.235. The van der Waals surface area contributed by atoms with Crippen molar-refractivity contribution >= 4 is 23.3 Å². The lowest BCUT2D eigenvalue weighted by molar-refractivity contribution is 0.102. The van der Waals surface area contributed by atoms with Crippen LogP contribution in [0.5, 0.6) is 0 Å². The van der Waals surface area contributed by atoms with Crippen LogP contribution in [0.2, 0.25) is 0 Å². The highest BCUT2D eigenvalue weighted by atomic mass is 32.1. The Hall–Kier alpha value is -2.54. The number of aromatic nitrogens is 3. The second-order valence-corrected chi connectivity index (χ2v) is 4.75. The zero-order valence-corrected chi connectivity index (χ0v) is 11.3. The van der Waals surface area contributed by atoms with Gasteiger partial charge < -0.3 is 9.84 Å². The van der Waals surface area contributed by atoms with Crippen LogP contribution < -0.4 is 5.32 Å². The van der Waals surface area contributed by atoms with Gasteiger partial charge in [0.15, 0.2) is 5.82 Å². The van der Waals surface area contributed by atoms with Crippen molar-refractivity contribution in [1.82, 2.24) is 14.7 Å². The van der Waals surface area contributed by atoms with Crippen LogP contribution in [0, 0.1) is 6.92 Å². The molecule has 0 unspecified atom stereocenters. The Morgan fingerprint density at radius 3 is 2.70 bits per heavy atom. The van der Waals surface area contributed by atoms with Crippen molar-refractivity contribution in [3.05, 3.63) is 47.0 Å². The predicted molar refractivity (Wildman–Crippen MR) is 74.5 cm³/mol. The van der Waals surface area contributed by atoms with E-state index in [0.29, 0.717) is 17.1 Å². The molecule has 2 aromatic heterocycles. The summed E-state index contributed by atoms with van der Waals surface area (Å²) in [6, 6.07) is 8.79. The summed E-state index contributed by atoms with van der Waals surface area (Å²) < 4.78 is 8.70. The van der Waals surface area contributed by atoms with Gasteiger partial charge >= 0.3 is 0 Å². The third-order valence-electron chi connectivity index (χ3n) is 2.67. The lowest BCUT2D eigenvalue weighted by Crippen LogP contribution is -2.11. The number of rotatable bonds is 3. The zero-order chi connectivity index (χ0) is 13.9. The molecule has 6 nitrogen and oxygen atoms in total. The highest BCUT2D eigenvalue weighted by Gasteiger charge is 2.09. The van der Waals surface area contributed by atoms with Gasteiger partial charge in [-0.2, -0.15) is 0 Å². The first-order chi connectivity index (χ1) is 9.72. The van der Waals surface area contributed by atoms with Gasteiger partial charge in [0.1, 0.15) is 11.5 Å². The monoisotopic (exact) mass is 286 g/mol. The number of nitrogens with one attached hydrogen (secondary N) is 1. The molecular formula is C13H10N4O2S. The minimum atomic E-state index is -0.235. The van der Waals surface area contributed by atoms with Crippen molar-refractivity contribution in [1.29, 1.82) is 0 Å². The lowest BCUT2D eigenvalue weighted by Gasteiger charge is -2.02. The van der Waals surface area contributed by atoms with Crippen LogP contribution in [-0.4, -0.2) is 20.7 Å². The summed E-state index contributed by atoms with van der Waals surface area (Å²) in [7, 11) is 0. The average Bonchev–Trinajstić information content (AvgIpc) is 3.11. The fourth-order valence-corrected chi connectivity index (χ4v) is 2.16. The molecule has 3 aromatic rings. The summed E-state index contributed by atoms with van der Waals surface area (Å²) in [4.78, 5) is 12.0. The van der Waals surface area contributed by atoms with Crippen LogP contribution in [0.15, 0.2) is 40.2 Å². The molecule has 0 fully saturated rings. The summed E-state index contributed by atoms with van der Waals surface area (Å²) in [6.07, 6.45) is 0. The second kappa shape index (κ2) is 5.22. The summed E-state index contributed by atoms with van der Waals surface area (Å²) in [5.41, 5.74) is 2.26. The Labute approximate surface area is 118 Å². The second-order valence-electron chi connectivity index (χ2n) is 4.14. The number of hydrogen-bond donors (Lipinski definition) is 1. The van der Waals surface area contributed by atoms with E-state index < -0.39 is 0 Å². The van der Waals surface area contributed by atoms with Crippen LogP contribution in [0.4, 0.5) is 5.82 Å². The number of nitrogens with zero attached hydrogens (tertiary/aromatic N) is 3. The molecule has 2 heterocycles. The molecule has 0 spiro atoms. The van der Waals surface area contributed by atoms with Gasteiger partial charge in [-0.25, -0.2) is 0 Å². The Morgan fingerprint density at radius 2 is 2.10 bits per heavy atom. The molecule has 0 radical (unpaired) electrons. The van der Waals surface area contributed by atoms with Gasteiger partial charge in [-0.3, -0.25) is 4.79 Å². The van der Waals surface area contributed by atoms with Crippen LogP contribution in [0.1, 0.15) is 16.1 Å². The van der Waals surface area contributed by atoms with E-state index >= 15 is 0 Å². The fourth-order valence-electron chi connectivity index (χ4n) is 1.70. The van der Waals surface area contributed by atoms with Crippen LogP contribution in [0.25, 0.3) is 11.3 Å². The number of aryl methyl sites for hydroxylation is 1. The Morgan fingerprint density at radius 1 is 1.30 bits per heavy atom. The quantitative estimate of drug-likeness (QED) is 0.800. The maximum atomic E-state index is 12.0. The summed E-state index contributed by atoms with van der Waals surface area (Å²) in [5, 5.41) is 12.2. The van der Waals surface area contributed by atoms with Gasteiger partial charge in [-0.1, -0.05) is 21.8 Å². The number of carbonyl (C=O) groups is 1. The molecule has 100 valence electrons. The molecule has 0 saturated carbocycles. The Kier molecular flexibility index (Phi) is 3.26. The summed E-state index contributed by atoms with van der Waals surface area (Å²) in [5.74, 6) is 0.813. The topological polar surface area (TPSA) is 80.9 Å². The number of anilines is 1. The van der Waals surface area contributed by atoms with E-state index in [9.17, 15) is 4.79 Å². The van der Waals surface area contributed by atoms with Crippen molar-refractivity contribution in [2.24, 2.45) is 0 Å². The first-order valence-electron chi connectivity index (χ1n) is 5.84. The maximum Gasteiger partial charge on any atom is 0.256 e. The van der Waals surface area contributed by atoms with E-state index in [0.717, 1.165) is 11.3 Å². The van der Waals surface area contributed by atoms with E-state index in [1.165, 1.54) is 11.5 Å². The van der Waals surface area contributed by atoms with Gasteiger partial charge in [-0.15, -0.1) is 5.10 Å². The molecule has 0 atom stereocenters. The van der Waals surface area contributed by atoms with Crippen molar-refractivity contribution in [3.8, 4) is 11.3 Å². The molecule has 1 amide bonds. The molecule has 7 heteroatoms. The first-order valence-corrected chi connectivity index (χ1v) is 6.68. The standard InChI is InChI=1S/C13H10N4O2S/c1-8-6-12(16-19-8)14-13(18)10-4-2-9(3-5-10)11-7-20-17-15-11/h2-7H,1H3,(H,14,16,18). The van der Waals surface area contributed by atoms with Gasteiger partial charge in [-0.05, 0) is 30.6 Å². The van der Waals surface area contributed by atoms with E-state index in [2.05, 4.69) is 20.1 Å². The largest absolute Gasteiger partial charge is 0.360 e. The smallest absolute Gasteiger partial charge is 0.256 e. The molecule has 20 heavy (non-hydrogen) atoms. The Bertz CT molecular complexity index is 719. The third kappa shape index (κ3) is 2.57. The average molecular weight is 286 g/mol. The number of amides is 1. The summed E-state index contributed by atoms with van der Waals surface area (Å²) in [6.45, 7) is 1.76. The number of carbonyl (C=O) groups excluding carboxylic acids is 1. The van der Waals surface area contributed by atoms with Gasteiger partial charge in [0, 0.05) is 22.6 Å². The molecule has 0 aliphatic rings. The van der Waals surface area contributed by atoms with E-state index in [1.807, 2.05) is 17.5 Å². The highest BCUT2D eigenvalue weighted by Crippen LogP contribution is 2.18. The molecule has 1 N–H and O–H groups in total. The van der Waals surface area contributed by atoms with Crippen molar-refractivity contribution < 1.29 is 9.32 Å². The minimum Gasteiger partial charge on any atom is -0.360 e. The number of benzene rings is 1. The van der Waals surface area contributed by atoms with Crippen LogP contribution in [0.3, 0.4) is 0 Å². The van der Waals surface area contributed by atoms with Crippen LogP contribution >= 0.6 is 11.5 Å². The van der Waals surface area contributed by atoms with Crippen molar-refractivity contribution in [2.75, 3.05) is 5.32 Å². The maximum absolute atomic E-state index is 12.0. The molecule has 1 aromatic carbocycles. The SMILES string of the molecule is Cc1cc(NC(=O)c2ccc(-c3csnn3)cc2)no1.